The van der Waals surface area contributed by atoms with Crippen LogP contribution in [0, 0.1) is 6.92 Å². The molecule has 2 rings (SSSR count). The highest BCUT2D eigenvalue weighted by Crippen LogP contribution is 2.22. The van der Waals surface area contributed by atoms with Crippen molar-refractivity contribution in [3.8, 4) is 0 Å². The number of carbonyl (C=O) groups is 1. The monoisotopic (exact) mass is 354 g/mol. The van der Waals surface area contributed by atoms with Crippen LogP contribution in [0.4, 0.5) is 10.5 Å². The fraction of sp³-hybridized carbons (Fsp3) is 0.409. The second kappa shape index (κ2) is 10.6. The van der Waals surface area contributed by atoms with Crippen LogP contribution < -0.4 is 5.32 Å². The maximum Gasteiger partial charge on any atom is 0.322 e. The molecule has 0 fully saturated rings. The van der Waals surface area contributed by atoms with Gasteiger partial charge in [0, 0.05) is 32.5 Å². The van der Waals surface area contributed by atoms with E-state index < -0.39 is 0 Å². The number of urea groups is 1. The summed E-state index contributed by atoms with van der Waals surface area (Å²) in [6.07, 6.45) is 2.76. The Kier molecular flexibility index (Phi) is 8.16. The van der Waals surface area contributed by atoms with Gasteiger partial charge in [-0.15, -0.1) is 0 Å². The number of aryl methyl sites for hydroxylation is 2. The summed E-state index contributed by atoms with van der Waals surface area (Å²) in [7, 11) is 1.71. The number of methoxy groups -OCH3 is 1. The molecule has 26 heavy (non-hydrogen) atoms. The summed E-state index contributed by atoms with van der Waals surface area (Å²) in [5.41, 5.74) is 4.33. The third-order valence-electron chi connectivity index (χ3n) is 4.50. The van der Waals surface area contributed by atoms with Gasteiger partial charge < -0.3 is 15.0 Å². The number of amides is 2. The van der Waals surface area contributed by atoms with Crippen molar-refractivity contribution < 1.29 is 9.53 Å². The summed E-state index contributed by atoms with van der Waals surface area (Å²) in [6, 6.07) is 16.2. The number of nitrogens with zero attached hydrogens (tertiary/aromatic N) is 1. The SMILES string of the molecule is CCc1cccc(C)c1NC(=O)N(CCCCOC)Cc1ccccc1. The number of hydrogen-bond donors (Lipinski definition) is 1. The molecule has 2 aromatic carbocycles. The lowest BCUT2D eigenvalue weighted by atomic mass is 10.1. The number of rotatable bonds is 9. The molecule has 0 heterocycles. The maximum absolute atomic E-state index is 13.0. The van der Waals surface area contributed by atoms with E-state index in [1.54, 1.807) is 7.11 Å². The second-order valence-electron chi connectivity index (χ2n) is 6.50. The summed E-state index contributed by atoms with van der Waals surface area (Å²) in [5, 5.41) is 3.15. The first kappa shape index (κ1) is 20.0. The van der Waals surface area contributed by atoms with Gasteiger partial charge in [0.2, 0.25) is 0 Å². The molecule has 0 atom stereocenters. The molecule has 4 nitrogen and oxygen atoms in total. The Morgan fingerprint density at radius 1 is 1.08 bits per heavy atom. The number of hydrogen-bond acceptors (Lipinski definition) is 2. The molecule has 0 bridgehead atoms. The van der Waals surface area contributed by atoms with Gasteiger partial charge in [0.05, 0.1) is 0 Å². The zero-order valence-corrected chi connectivity index (χ0v) is 16.1. The van der Waals surface area contributed by atoms with Crippen LogP contribution in [-0.4, -0.2) is 31.2 Å². The Morgan fingerprint density at radius 3 is 2.54 bits per heavy atom. The third-order valence-corrected chi connectivity index (χ3v) is 4.50. The Bertz CT molecular complexity index is 686. The van der Waals surface area contributed by atoms with E-state index in [2.05, 4.69) is 30.4 Å². The van der Waals surface area contributed by atoms with Gasteiger partial charge in [-0.3, -0.25) is 0 Å². The van der Waals surface area contributed by atoms with E-state index >= 15 is 0 Å². The fourth-order valence-corrected chi connectivity index (χ4v) is 2.99. The standard InChI is InChI=1S/C22H30N2O2/c1-4-20-14-10-11-18(2)21(20)23-22(25)24(15-8-9-16-26-3)17-19-12-6-5-7-13-19/h5-7,10-14H,4,8-9,15-17H2,1-3H3,(H,23,25). The van der Waals surface area contributed by atoms with Crippen molar-refractivity contribution in [2.24, 2.45) is 0 Å². The number of anilines is 1. The molecule has 0 unspecified atom stereocenters. The molecule has 0 radical (unpaired) electrons. The highest BCUT2D eigenvalue weighted by Gasteiger charge is 2.16. The topological polar surface area (TPSA) is 41.6 Å². The lowest BCUT2D eigenvalue weighted by Crippen LogP contribution is -2.35. The van der Waals surface area contributed by atoms with Crippen LogP contribution in [0.1, 0.15) is 36.5 Å². The second-order valence-corrected chi connectivity index (χ2v) is 6.50. The zero-order chi connectivity index (χ0) is 18.8. The van der Waals surface area contributed by atoms with E-state index in [-0.39, 0.29) is 6.03 Å². The van der Waals surface area contributed by atoms with Crippen molar-refractivity contribution in [2.45, 2.75) is 39.7 Å². The predicted octanol–water partition coefficient (Wildman–Crippen LogP) is 5.02. The molecule has 2 amide bonds. The van der Waals surface area contributed by atoms with E-state index in [1.807, 2.05) is 42.2 Å². The molecule has 1 N–H and O–H groups in total. The van der Waals surface area contributed by atoms with E-state index in [9.17, 15) is 4.79 Å². The minimum atomic E-state index is -0.0460. The Balaban J connectivity index is 2.11. The average molecular weight is 354 g/mol. The van der Waals surface area contributed by atoms with Crippen molar-refractivity contribution in [1.29, 1.82) is 0 Å². The normalized spacial score (nSPS) is 10.6. The number of nitrogens with one attached hydrogen (secondary N) is 1. The summed E-state index contributed by atoms with van der Waals surface area (Å²) in [5.74, 6) is 0. The van der Waals surface area contributed by atoms with Gasteiger partial charge in [-0.2, -0.15) is 0 Å². The van der Waals surface area contributed by atoms with Crippen molar-refractivity contribution in [3.05, 3.63) is 65.2 Å². The summed E-state index contributed by atoms with van der Waals surface area (Å²) in [6.45, 7) is 6.18. The van der Waals surface area contributed by atoms with Crippen molar-refractivity contribution in [2.75, 3.05) is 25.6 Å². The van der Waals surface area contributed by atoms with Gasteiger partial charge in [-0.1, -0.05) is 55.5 Å². The molecule has 0 aliphatic carbocycles. The highest BCUT2D eigenvalue weighted by atomic mass is 16.5. The molecule has 0 aliphatic heterocycles. The molecule has 4 heteroatoms. The molecular weight excluding hydrogens is 324 g/mol. The number of benzene rings is 2. The number of para-hydroxylation sites is 1. The first-order chi connectivity index (χ1) is 12.7. The number of carbonyl (C=O) groups excluding carboxylic acids is 1. The van der Waals surface area contributed by atoms with Crippen LogP contribution >= 0.6 is 0 Å². The minimum absolute atomic E-state index is 0.0460. The molecular formula is C22H30N2O2. The van der Waals surface area contributed by atoms with Gasteiger partial charge in [0.25, 0.3) is 0 Å². The Morgan fingerprint density at radius 2 is 1.85 bits per heavy atom. The maximum atomic E-state index is 13.0. The van der Waals surface area contributed by atoms with E-state index in [4.69, 9.17) is 4.74 Å². The molecule has 0 aromatic heterocycles. The van der Waals surface area contributed by atoms with Crippen LogP contribution in [0.15, 0.2) is 48.5 Å². The fourth-order valence-electron chi connectivity index (χ4n) is 2.99. The van der Waals surface area contributed by atoms with Gasteiger partial charge in [0.15, 0.2) is 0 Å². The van der Waals surface area contributed by atoms with Crippen LogP contribution in [0.5, 0.6) is 0 Å². The zero-order valence-electron chi connectivity index (χ0n) is 16.1. The number of unbranched alkanes of at least 4 members (excludes halogenated alkanes) is 1. The Labute approximate surface area is 157 Å². The quantitative estimate of drug-likeness (QED) is 0.643. The largest absolute Gasteiger partial charge is 0.385 e. The molecule has 0 spiro atoms. The lowest BCUT2D eigenvalue weighted by Gasteiger charge is -2.24. The lowest BCUT2D eigenvalue weighted by molar-refractivity contribution is 0.182. The third kappa shape index (κ3) is 5.88. The van der Waals surface area contributed by atoms with Crippen molar-refractivity contribution in [3.63, 3.8) is 0 Å². The molecule has 2 aromatic rings. The van der Waals surface area contributed by atoms with Crippen LogP contribution in [0.3, 0.4) is 0 Å². The van der Waals surface area contributed by atoms with Gasteiger partial charge in [0.1, 0.15) is 0 Å². The van der Waals surface area contributed by atoms with E-state index in [0.717, 1.165) is 48.2 Å². The molecule has 0 aliphatic rings. The molecule has 140 valence electrons. The van der Waals surface area contributed by atoms with Crippen LogP contribution in [0.2, 0.25) is 0 Å². The van der Waals surface area contributed by atoms with Gasteiger partial charge in [-0.05, 0) is 42.9 Å². The highest BCUT2D eigenvalue weighted by molar-refractivity contribution is 5.91. The average Bonchev–Trinajstić information content (AvgIpc) is 2.66. The summed E-state index contributed by atoms with van der Waals surface area (Å²) >= 11 is 0. The van der Waals surface area contributed by atoms with Crippen molar-refractivity contribution >= 4 is 11.7 Å². The van der Waals surface area contributed by atoms with Gasteiger partial charge >= 0.3 is 6.03 Å². The van der Waals surface area contributed by atoms with E-state index in [1.165, 1.54) is 0 Å². The van der Waals surface area contributed by atoms with E-state index in [0.29, 0.717) is 13.1 Å². The van der Waals surface area contributed by atoms with Gasteiger partial charge in [-0.25, -0.2) is 4.79 Å². The summed E-state index contributed by atoms with van der Waals surface area (Å²) in [4.78, 5) is 14.9. The molecule has 0 saturated heterocycles. The predicted molar refractivity (Wildman–Crippen MR) is 108 cm³/mol. The van der Waals surface area contributed by atoms with Crippen LogP contribution in [0.25, 0.3) is 0 Å². The number of ether oxygens (including phenoxy) is 1. The Hall–Kier alpha value is -2.33. The van der Waals surface area contributed by atoms with Crippen LogP contribution in [-0.2, 0) is 17.7 Å². The minimum Gasteiger partial charge on any atom is -0.385 e. The molecule has 0 saturated carbocycles. The first-order valence-electron chi connectivity index (χ1n) is 9.33. The summed E-state index contributed by atoms with van der Waals surface area (Å²) < 4.78 is 5.12. The smallest absolute Gasteiger partial charge is 0.322 e. The van der Waals surface area contributed by atoms with Crippen molar-refractivity contribution in [1.82, 2.24) is 4.90 Å². The first-order valence-corrected chi connectivity index (χ1v) is 9.33.